The van der Waals surface area contributed by atoms with Crippen LogP contribution in [0.15, 0.2) is 24.3 Å². The Hall–Kier alpha value is -1.50. The highest BCUT2D eigenvalue weighted by Gasteiger charge is 2.42. The number of hydrazine groups is 1. The van der Waals surface area contributed by atoms with Gasteiger partial charge in [-0.25, -0.2) is 9.82 Å². The van der Waals surface area contributed by atoms with Gasteiger partial charge in [0.15, 0.2) is 0 Å². The highest BCUT2D eigenvalue weighted by molar-refractivity contribution is 5.80. The molecule has 6 heteroatoms. The molecule has 3 aliphatic rings. The Labute approximate surface area is 147 Å². The number of rotatable bonds is 3. The molecule has 2 saturated carbocycles. The summed E-state index contributed by atoms with van der Waals surface area (Å²) in [5, 5.41) is 3.31. The summed E-state index contributed by atoms with van der Waals surface area (Å²) < 4.78 is 14.2. The molecule has 4 unspecified atom stereocenters. The monoisotopic (exact) mass is 346 g/mol. The van der Waals surface area contributed by atoms with Crippen LogP contribution in [0.2, 0.25) is 0 Å². The van der Waals surface area contributed by atoms with Crippen molar-refractivity contribution in [3.8, 4) is 0 Å². The molecule has 1 aromatic rings. The van der Waals surface area contributed by atoms with Crippen molar-refractivity contribution < 1.29 is 9.18 Å². The van der Waals surface area contributed by atoms with Gasteiger partial charge < -0.3 is 11.1 Å². The van der Waals surface area contributed by atoms with Gasteiger partial charge in [0.25, 0.3) is 0 Å². The minimum absolute atomic E-state index is 0.0168. The molecule has 1 amide bonds. The molecule has 1 heterocycles. The lowest BCUT2D eigenvalue weighted by Crippen LogP contribution is -2.55. The van der Waals surface area contributed by atoms with Crippen LogP contribution in [0.25, 0.3) is 0 Å². The zero-order valence-corrected chi connectivity index (χ0v) is 14.4. The third-order valence-electron chi connectivity index (χ3n) is 6.24. The topological polar surface area (TPSA) is 79.2 Å². The van der Waals surface area contributed by atoms with Gasteiger partial charge in [0.2, 0.25) is 5.91 Å². The first-order valence-electron chi connectivity index (χ1n) is 9.42. The van der Waals surface area contributed by atoms with Gasteiger partial charge in [-0.3, -0.25) is 10.2 Å². The van der Waals surface area contributed by atoms with Gasteiger partial charge in [0.1, 0.15) is 5.82 Å². The second-order valence-electron chi connectivity index (χ2n) is 7.85. The summed E-state index contributed by atoms with van der Waals surface area (Å²) in [6, 6.07) is 6.81. The molecule has 3 fully saturated rings. The largest absolute Gasteiger partial charge is 0.352 e. The Bertz CT molecular complexity index is 626. The van der Waals surface area contributed by atoms with Gasteiger partial charge in [-0.15, -0.1) is 0 Å². The predicted molar refractivity (Wildman–Crippen MR) is 93.7 cm³/mol. The first kappa shape index (κ1) is 16.9. The molecule has 4 atom stereocenters. The molecule has 2 aliphatic carbocycles. The lowest BCUT2D eigenvalue weighted by molar-refractivity contribution is -0.127. The van der Waals surface area contributed by atoms with E-state index in [1.807, 2.05) is 0 Å². The molecular weight excluding hydrogens is 319 g/mol. The Morgan fingerprint density at radius 1 is 1.20 bits per heavy atom. The maximum Gasteiger partial charge on any atom is 0.226 e. The third-order valence-corrected chi connectivity index (χ3v) is 6.24. The van der Waals surface area contributed by atoms with E-state index < -0.39 is 0 Å². The Balaban J connectivity index is 1.48. The van der Waals surface area contributed by atoms with Crippen molar-refractivity contribution >= 4 is 5.91 Å². The first-order valence-corrected chi connectivity index (χ1v) is 9.42. The Morgan fingerprint density at radius 3 is 2.64 bits per heavy atom. The van der Waals surface area contributed by atoms with E-state index in [1.54, 1.807) is 18.2 Å². The minimum atomic E-state index is -0.341. The third kappa shape index (κ3) is 3.30. The van der Waals surface area contributed by atoms with E-state index in [9.17, 15) is 9.18 Å². The predicted octanol–water partition coefficient (Wildman–Crippen LogP) is 1.61. The number of carbonyl (C=O) groups excluding carboxylic acids is 1. The van der Waals surface area contributed by atoms with Gasteiger partial charge in [-0.05, 0) is 43.6 Å². The molecule has 5 nitrogen and oxygen atoms in total. The van der Waals surface area contributed by atoms with Crippen LogP contribution >= 0.6 is 0 Å². The van der Waals surface area contributed by atoms with Crippen LogP contribution in [0.1, 0.15) is 43.7 Å². The van der Waals surface area contributed by atoms with E-state index in [0.29, 0.717) is 23.9 Å². The maximum absolute atomic E-state index is 14.2. The summed E-state index contributed by atoms with van der Waals surface area (Å²) in [6.07, 6.45) is 5.53. The van der Waals surface area contributed by atoms with Gasteiger partial charge >= 0.3 is 0 Å². The van der Waals surface area contributed by atoms with Crippen LogP contribution in [0.3, 0.4) is 0 Å². The second-order valence-corrected chi connectivity index (χ2v) is 7.85. The Morgan fingerprint density at radius 2 is 1.92 bits per heavy atom. The number of hydrogen-bond acceptors (Lipinski definition) is 4. The van der Waals surface area contributed by atoms with E-state index in [1.165, 1.54) is 12.5 Å². The molecule has 1 aliphatic heterocycles. The molecule has 1 aromatic carbocycles. The van der Waals surface area contributed by atoms with Crippen molar-refractivity contribution in [2.45, 2.75) is 50.2 Å². The van der Waals surface area contributed by atoms with Crippen molar-refractivity contribution in [1.29, 1.82) is 0 Å². The molecule has 0 spiro atoms. The Kier molecular flexibility index (Phi) is 4.75. The fraction of sp³-hybridized carbons (Fsp3) is 0.632. The lowest BCUT2D eigenvalue weighted by atomic mass is 9.67. The summed E-state index contributed by atoms with van der Waals surface area (Å²) in [5.41, 5.74) is 12.8. The van der Waals surface area contributed by atoms with E-state index in [0.717, 1.165) is 25.7 Å². The number of nitrogens with one attached hydrogen (secondary N) is 3. The summed E-state index contributed by atoms with van der Waals surface area (Å²) in [6.45, 7) is 0.506. The zero-order valence-electron chi connectivity index (χ0n) is 14.4. The highest BCUT2D eigenvalue weighted by atomic mass is 19.1. The quantitative estimate of drug-likeness (QED) is 0.671. The van der Waals surface area contributed by atoms with E-state index >= 15 is 0 Å². The van der Waals surface area contributed by atoms with Gasteiger partial charge in [0, 0.05) is 24.2 Å². The van der Waals surface area contributed by atoms with E-state index in [-0.39, 0.29) is 35.8 Å². The zero-order chi connectivity index (χ0) is 17.4. The second kappa shape index (κ2) is 7.02. The van der Waals surface area contributed by atoms with Crippen molar-refractivity contribution in [2.75, 3.05) is 6.54 Å². The molecule has 2 bridgehead atoms. The number of carbonyl (C=O) groups is 1. The average Bonchev–Trinajstić information content (AvgIpc) is 3.05. The summed E-state index contributed by atoms with van der Waals surface area (Å²) in [5.74, 6) is 0.403. The summed E-state index contributed by atoms with van der Waals surface area (Å²) >= 11 is 0. The molecule has 1 saturated heterocycles. The molecular formula is C19H27FN4O. The number of hydrogen-bond donors (Lipinski definition) is 4. The van der Waals surface area contributed by atoms with Gasteiger partial charge in [0.05, 0.1) is 12.0 Å². The first-order chi connectivity index (χ1) is 12.1. The smallest absolute Gasteiger partial charge is 0.226 e. The van der Waals surface area contributed by atoms with Crippen molar-refractivity contribution in [1.82, 2.24) is 16.2 Å². The normalized spacial score (nSPS) is 37.7. The lowest BCUT2D eigenvalue weighted by Gasteiger charge is -2.45. The maximum atomic E-state index is 14.2. The number of benzene rings is 1. The fourth-order valence-corrected chi connectivity index (χ4v) is 5.06. The molecule has 0 aromatic heterocycles. The molecule has 136 valence electrons. The molecule has 25 heavy (non-hydrogen) atoms. The van der Waals surface area contributed by atoms with Crippen LogP contribution in [-0.2, 0) is 4.79 Å². The number of halogens is 1. The fourth-order valence-electron chi connectivity index (χ4n) is 5.06. The van der Waals surface area contributed by atoms with E-state index in [2.05, 4.69) is 16.2 Å². The average molecular weight is 346 g/mol. The minimum Gasteiger partial charge on any atom is -0.352 e. The molecule has 0 radical (unpaired) electrons. The highest BCUT2D eigenvalue weighted by Crippen LogP contribution is 2.40. The van der Waals surface area contributed by atoms with Crippen molar-refractivity contribution in [2.24, 2.45) is 23.5 Å². The number of nitrogens with two attached hydrogens (primary N) is 1. The van der Waals surface area contributed by atoms with Crippen molar-refractivity contribution in [3.63, 3.8) is 0 Å². The van der Waals surface area contributed by atoms with Crippen LogP contribution in [-0.4, -0.2) is 24.5 Å². The van der Waals surface area contributed by atoms with Crippen LogP contribution in [0, 0.1) is 23.6 Å². The molecule has 5 N–H and O–H groups in total. The van der Waals surface area contributed by atoms with Crippen LogP contribution in [0.5, 0.6) is 0 Å². The van der Waals surface area contributed by atoms with E-state index in [4.69, 9.17) is 5.73 Å². The molecule has 4 rings (SSSR count). The van der Waals surface area contributed by atoms with Crippen LogP contribution in [0.4, 0.5) is 4.39 Å². The van der Waals surface area contributed by atoms with Crippen molar-refractivity contribution in [3.05, 3.63) is 35.6 Å². The summed E-state index contributed by atoms with van der Waals surface area (Å²) in [4.78, 5) is 13.0. The van der Waals surface area contributed by atoms with Gasteiger partial charge in [-0.1, -0.05) is 24.6 Å². The SMILES string of the molecule is NC1CC2CCCC(C1)C2NC(=O)C1CNNC1c1ccccc1F. The standard InChI is InChI=1S/C19H27FN4O/c20-16-7-2-1-6-14(16)18-15(10-22-24-18)19(25)23-17-11-4-3-5-12(17)9-13(21)8-11/h1-2,6-7,11-13,15,17-18,22,24H,3-5,8-10,21H2,(H,23,25). The van der Waals surface area contributed by atoms with Crippen LogP contribution < -0.4 is 21.9 Å². The number of fused-ring (bicyclic) bond motifs is 2. The summed E-state index contributed by atoms with van der Waals surface area (Å²) in [7, 11) is 0. The van der Waals surface area contributed by atoms with Gasteiger partial charge in [-0.2, -0.15) is 0 Å². The number of amides is 1.